The second-order valence-electron chi connectivity index (χ2n) is 11.1. The smallest absolute Gasteiger partial charge is 0.0709 e. The lowest BCUT2D eigenvalue weighted by Crippen LogP contribution is -2.24. The van der Waals surface area contributed by atoms with Crippen LogP contribution in [-0.2, 0) is 0 Å². The number of fused-ring (bicyclic) bond motifs is 6. The summed E-state index contributed by atoms with van der Waals surface area (Å²) in [4.78, 5) is 4.90. The zero-order chi connectivity index (χ0) is 27.6. The first-order valence-electron chi connectivity index (χ1n) is 14.4. The van der Waals surface area contributed by atoms with Gasteiger partial charge in [0.1, 0.15) is 0 Å². The molecule has 0 fully saturated rings. The highest BCUT2D eigenvalue weighted by atomic mass is 15.3. The van der Waals surface area contributed by atoms with Crippen molar-refractivity contribution >= 4 is 77.2 Å². The summed E-state index contributed by atoms with van der Waals surface area (Å²) in [6.45, 7) is 0. The molecule has 2 heteroatoms. The van der Waals surface area contributed by atoms with Crippen molar-refractivity contribution in [3.05, 3.63) is 158 Å². The normalized spacial score (nSPS) is 12.7. The molecule has 1 aliphatic rings. The predicted octanol–water partition coefficient (Wildman–Crippen LogP) is 11.6. The fraction of sp³-hybridized carbons (Fsp3) is 0. The van der Waals surface area contributed by atoms with Crippen LogP contribution in [-0.4, -0.2) is 0 Å². The lowest BCUT2D eigenvalue weighted by atomic mass is 9.98. The van der Waals surface area contributed by atoms with Gasteiger partial charge >= 0.3 is 0 Å². The molecule has 0 bridgehead atoms. The molecule has 8 aromatic carbocycles. The van der Waals surface area contributed by atoms with Crippen molar-refractivity contribution < 1.29 is 0 Å². The third-order valence-corrected chi connectivity index (χ3v) is 8.63. The van der Waals surface area contributed by atoms with E-state index < -0.39 is 0 Å². The van der Waals surface area contributed by atoms with E-state index in [1.54, 1.807) is 0 Å². The molecule has 0 unspecified atom stereocenters. The molecule has 0 radical (unpaired) electrons. The summed E-state index contributed by atoms with van der Waals surface area (Å²) in [5, 5.41) is 9.86. The minimum Gasteiger partial charge on any atom is -0.306 e. The van der Waals surface area contributed by atoms with E-state index in [9.17, 15) is 0 Å². The van der Waals surface area contributed by atoms with Crippen molar-refractivity contribution in [1.29, 1.82) is 0 Å². The average molecular weight is 535 g/mol. The van der Waals surface area contributed by atoms with E-state index >= 15 is 0 Å². The minimum atomic E-state index is 1.15. The summed E-state index contributed by atoms with van der Waals surface area (Å²) in [5.41, 5.74) is 6.97. The van der Waals surface area contributed by atoms with Gasteiger partial charge in [-0.3, -0.25) is 0 Å². The summed E-state index contributed by atoms with van der Waals surface area (Å²) in [6.07, 6.45) is 0. The Balaban J connectivity index is 1.39. The van der Waals surface area contributed by atoms with Gasteiger partial charge in [0.25, 0.3) is 0 Å². The Labute approximate surface area is 244 Å². The first kappa shape index (κ1) is 23.1. The van der Waals surface area contributed by atoms with Crippen LogP contribution in [0.5, 0.6) is 0 Å². The van der Waals surface area contributed by atoms with Gasteiger partial charge in [-0.25, -0.2) is 0 Å². The van der Waals surface area contributed by atoms with Gasteiger partial charge in [0, 0.05) is 11.4 Å². The predicted molar refractivity (Wildman–Crippen MR) is 179 cm³/mol. The van der Waals surface area contributed by atoms with Crippen molar-refractivity contribution in [2.45, 2.75) is 0 Å². The lowest BCUT2D eigenvalue weighted by molar-refractivity contribution is 1.18. The van der Waals surface area contributed by atoms with E-state index in [0.717, 1.165) is 11.4 Å². The molecule has 2 nitrogen and oxygen atoms in total. The van der Waals surface area contributed by atoms with Crippen LogP contribution in [0.3, 0.4) is 0 Å². The Morgan fingerprint density at radius 3 is 0.810 bits per heavy atom. The van der Waals surface area contributed by atoms with E-state index in [-0.39, 0.29) is 0 Å². The Morgan fingerprint density at radius 1 is 0.238 bits per heavy atom. The third-order valence-electron chi connectivity index (χ3n) is 8.63. The Hall–Kier alpha value is -5.60. The van der Waals surface area contributed by atoms with Crippen molar-refractivity contribution in [2.75, 3.05) is 9.80 Å². The Kier molecular flexibility index (Phi) is 4.93. The van der Waals surface area contributed by atoms with Gasteiger partial charge in [-0.05, 0) is 91.6 Å². The summed E-state index contributed by atoms with van der Waals surface area (Å²) >= 11 is 0. The topological polar surface area (TPSA) is 6.48 Å². The molecule has 0 aromatic heterocycles. The third kappa shape index (κ3) is 3.52. The van der Waals surface area contributed by atoms with Gasteiger partial charge in [-0.15, -0.1) is 0 Å². The first-order valence-corrected chi connectivity index (χ1v) is 14.4. The maximum absolute atomic E-state index is 2.45. The van der Waals surface area contributed by atoms with Crippen molar-refractivity contribution in [3.8, 4) is 0 Å². The van der Waals surface area contributed by atoms with E-state index in [2.05, 4.69) is 168 Å². The second-order valence-corrected chi connectivity index (χ2v) is 11.1. The number of hydrogen-bond acceptors (Lipinski definition) is 2. The molecule has 196 valence electrons. The number of anilines is 6. The molecule has 0 atom stereocenters. The zero-order valence-corrected chi connectivity index (χ0v) is 22.9. The molecule has 0 aliphatic carbocycles. The molecule has 0 spiro atoms. The number of hydrogen-bond donors (Lipinski definition) is 0. The van der Waals surface area contributed by atoms with Gasteiger partial charge in [0.2, 0.25) is 0 Å². The van der Waals surface area contributed by atoms with E-state index in [1.165, 1.54) is 65.8 Å². The van der Waals surface area contributed by atoms with Gasteiger partial charge < -0.3 is 9.80 Å². The van der Waals surface area contributed by atoms with Gasteiger partial charge in [-0.2, -0.15) is 0 Å². The molecule has 0 saturated carbocycles. The monoisotopic (exact) mass is 534 g/mol. The largest absolute Gasteiger partial charge is 0.306 e. The summed E-state index contributed by atoms with van der Waals surface area (Å²) in [7, 11) is 0. The van der Waals surface area contributed by atoms with Gasteiger partial charge in [0.05, 0.1) is 22.7 Å². The molecule has 9 rings (SSSR count). The van der Waals surface area contributed by atoms with Crippen LogP contribution in [0.15, 0.2) is 158 Å². The zero-order valence-electron chi connectivity index (χ0n) is 22.9. The average Bonchev–Trinajstić information content (AvgIpc) is 3.05. The van der Waals surface area contributed by atoms with Crippen LogP contribution < -0.4 is 9.80 Å². The SMILES string of the molecule is c1ccc2cc(N3c4cc5ccccc5cc4N(c4ccc5ccccc5c4)c4cc5ccccc5cc43)ccc2c1. The van der Waals surface area contributed by atoms with E-state index in [1.807, 2.05) is 0 Å². The quantitative estimate of drug-likeness (QED) is 0.218. The lowest BCUT2D eigenvalue weighted by Gasteiger charge is -2.41. The minimum absolute atomic E-state index is 1.15. The highest BCUT2D eigenvalue weighted by Gasteiger charge is 2.31. The molecule has 8 aromatic rings. The Morgan fingerprint density at radius 2 is 0.500 bits per heavy atom. The van der Waals surface area contributed by atoms with Crippen LogP contribution in [0.1, 0.15) is 0 Å². The molecule has 1 aliphatic heterocycles. The fourth-order valence-electron chi connectivity index (χ4n) is 6.60. The molecular weight excluding hydrogens is 508 g/mol. The molecule has 42 heavy (non-hydrogen) atoms. The Bertz CT molecular complexity index is 2080. The van der Waals surface area contributed by atoms with Crippen LogP contribution in [0.2, 0.25) is 0 Å². The maximum atomic E-state index is 2.45. The van der Waals surface area contributed by atoms with Crippen LogP contribution in [0.4, 0.5) is 34.1 Å². The van der Waals surface area contributed by atoms with Gasteiger partial charge in [0.15, 0.2) is 0 Å². The summed E-state index contributed by atoms with van der Waals surface area (Å²) in [6, 6.07) is 57.6. The highest BCUT2D eigenvalue weighted by molar-refractivity contribution is 6.10. The molecule has 0 saturated heterocycles. The maximum Gasteiger partial charge on any atom is 0.0709 e. The van der Waals surface area contributed by atoms with Crippen LogP contribution >= 0.6 is 0 Å². The summed E-state index contributed by atoms with van der Waals surface area (Å²) in [5.74, 6) is 0. The second kappa shape index (κ2) is 8.95. The van der Waals surface area contributed by atoms with Crippen molar-refractivity contribution in [3.63, 3.8) is 0 Å². The molecule has 0 amide bonds. The standard InChI is InChI=1S/C40H26N2/c1-3-11-29-21-35(19-17-27(29)9-1)41-37-23-31-13-5-7-15-33(31)25-39(37)42(36-20-18-28-10-2-4-12-30(28)22-36)40-26-34-16-8-6-14-32(34)24-38(40)41/h1-26H. The first-order chi connectivity index (χ1) is 20.8. The molecule has 0 N–H and O–H groups in total. The molecular formula is C40H26N2. The van der Waals surface area contributed by atoms with Gasteiger partial charge in [-0.1, -0.05) is 109 Å². The summed E-state index contributed by atoms with van der Waals surface area (Å²) < 4.78 is 0. The fourth-order valence-corrected chi connectivity index (χ4v) is 6.60. The molecule has 1 heterocycles. The number of rotatable bonds is 2. The van der Waals surface area contributed by atoms with Crippen molar-refractivity contribution in [2.24, 2.45) is 0 Å². The van der Waals surface area contributed by atoms with E-state index in [4.69, 9.17) is 0 Å². The van der Waals surface area contributed by atoms with Crippen molar-refractivity contribution in [1.82, 2.24) is 0 Å². The number of benzene rings is 8. The number of nitrogens with zero attached hydrogens (tertiary/aromatic N) is 2. The van der Waals surface area contributed by atoms with E-state index in [0.29, 0.717) is 0 Å². The highest BCUT2D eigenvalue weighted by Crippen LogP contribution is 2.56. The van der Waals surface area contributed by atoms with Crippen LogP contribution in [0.25, 0.3) is 43.1 Å². The van der Waals surface area contributed by atoms with Crippen LogP contribution in [0, 0.1) is 0 Å².